The highest BCUT2D eigenvalue weighted by molar-refractivity contribution is 6.04. The first-order valence-corrected chi connectivity index (χ1v) is 5.15. The highest BCUT2D eigenvalue weighted by Gasteiger charge is 2.17. The molecule has 0 unspecified atom stereocenters. The first-order chi connectivity index (χ1) is 7.29. The lowest BCUT2D eigenvalue weighted by Gasteiger charge is -2.29. The predicted molar refractivity (Wildman–Crippen MR) is 58.3 cm³/mol. The molecule has 0 N–H and O–H groups in total. The van der Waals surface area contributed by atoms with Crippen LogP contribution in [0.2, 0.25) is 0 Å². The van der Waals surface area contributed by atoms with Gasteiger partial charge in [-0.15, -0.1) is 0 Å². The van der Waals surface area contributed by atoms with E-state index in [-0.39, 0.29) is 0 Å². The maximum atomic E-state index is 8.64. The smallest absolute Gasteiger partial charge is 0.182 e. The lowest BCUT2D eigenvalue weighted by Crippen LogP contribution is -2.30. The number of pyridine rings is 1. The molecule has 74 valence electrons. The number of hydrogen-bond acceptors (Lipinski definition) is 3. The van der Waals surface area contributed by atoms with Crippen LogP contribution in [-0.4, -0.2) is 30.9 Å². The van der Waals surface area contributed by atoms with Gasteiger partial charge < -0.3 is 4.81 Å². The van der Waals surface area contributed by atoms with Crippen LogP contribution in [0.4, 0.5) is 0 Å². The Kier molecular flexibility index (Phi) is 3.03. The monoisotopic (exact) mass is 197 g/mol. The fraction of sp³-hybridized carbons (Fsp3) is 0.455. The Bertz CT molecular complexity index is 360. The summed E-state index contributed by atoms with van der Waals surface area (Å²) < 4.78 is 0. The normalized spacial score (nSPS) is 18.6. The minimum absolute atomic E-state index is 0.481. The summed E-state index contributed by atoms with van der Waals surface area (Å²) in [6, 6.07) is 5.81. The number of nitriles is 1. The van der Waals surface area contributed by atoms with Crippen LogP contribution in [0.25, 0.3) is 0 Å². The van der Waals surface area contributed by atoms with Crippen molar-refractivity contribution in [3.05, 3.63) is 29.6 Å². The number of nitrogens with zero attached hydrogens (tertiary/aromatic N) is 3. The fourth-order valence-corrected chi connectivity index (χ4v) is 1.95. The van der Waals surface area contributed by atoms with E-state index in [1.54, 1.807) is 6.07 Å². The molecule has 15 heavy (non-hydrogen) atoms. The SMILES string of the molecule is [B]N1CCC(c2ccc(C#N)nc2)CC1. The Morgan fingerprint density at radius 1 is 1.40 bits per heavy atom. The fourth-order valence-electron chi connectivity index (χ4n) is 1.95. The Morgan fingerprint density at radius 3 is 2.67 bits per heavy atom. The molecule has 0 saturated carbocycles. The highest BCUT2D eigenvalue weighted by atomic mass is 15.0. The molecule has 0 bridgehead atoms. The molecule has 0 amide bonds. The van der Waals surface area contributed by atoms with Gasteiger partial charge >= 0.3 is 0 Å². The van der Waals surface area contributed by atoms with Crippen LogP contribution in [0, 0.1) is 11.3 Å². The second-order valence-electron chi connectivity index (χ2n) is 3.90. The van der Waals surface area contributed by atoms with E-state index in [1.165, 1.54) is 5.56 Å². The van der Waals surface area contributed by atoms with Crippen LogP contribution in [0.1, 0.15) is 30.0 Å². The number of rotatable bonds is 1. The van der Waals surface area contributed by atoms with Crippen molar-refractivity contribution >= 4 is 7.98 Å². The topological polar surface area (TPSA) is 39.9 Å². The van der Waals surface area contributed by atoms with Crippen molar-refractivity contribution < 1.29 is 0 Å². The van der Waals surface area contributed by atoms with E-state index in [4.69, 9.17) is 13.2 Å². The molecule has 2 heterocycles. The van der Waals surface area contributed by atoms with E-state index in [2.05, 4.69) is 4.98 Å². The summed E-state index contributed by atoms with van der Waals surface area (Å²) >= 11 is 0. The number of aromatic nitrogens is 1. The molecule has 1 aromatic rings. The second kappa shape index (κ2) is 4.46. The van der Waals surface area contributed by atoms with Gasteiger partial charge in [0.1, 0.15) is 11.8 Å². The average molecular weight is 197 g/mol. The summed E-state index contributed by atoms with van der Waals surface area (Å²) in [7, 11) is 5.70. The molecule has 0 aromatic carbocycles. The number of piperidine rings is 1. The van der Waals surface area contributed by atoms with Crippen LogP contribution < -0.4 is 0 Å². The van der Waals surface area contributed by atoms with Gasteiger partial charge in [-0.2, -0.15) is 5.26 Å². The highest BCUT2D eigenvalue weighted by Crippen LogP contribution is 2.26. The minimum atomic E-state index is 0.481. The summed E-state index contributed by atoms with van der Waals surface area (Å²) in [5.41, 5.74) is 1.71. The van der Waals surface area contributed by atoms with E-state index in [0.717, 1.165) is 25.9 Å². The molecule has 2 rings (SSSR count). The van der Waals surface area contributed by atoms with Gasteiger partial charge in [0.2, 0.25) is 0 Å². The van der Waals surface area contributed by atoms with Gasteiger partial charge in [0, 0.05) is 6.20 Å². The summed E-state index contributed by atoms with van der Waals surface area (Å²) in [6.07, 6.45) is 3.96. The van der Waals surface area contributed by atoms with Crippen LogP contribution in [-0.2, 0) is 0 Å². The Hall–Kier alpha value is -1.34. The van der Waals surface area contributed by atoms with Crippen molar-refractivity contribution in [3.63, 3.8) is 0 Å². The van der Waals surface area contributed by atoms with Gasteiger partial charge in [-0.1, -0.05) is 6.07 Å². The molecule has 0 spiro atoms. The summed E-state index contributed by atoms with van der Waals surface area (Å²) in [5, 5.41) is 8.64. The maximum Gasteiger partial charge on any atom is 0.182 e. The van der Waals surface area contributed by atoms with Crippen molar-refractivity contribution in [1.82, 2.24) is 9.79 Å². The molecular weight excluding hydrogens is 185 g/mol. The van der Waals surface area contributed by atoms with E-state index < -0.39 is 0 Å². The van der Waals surface area contributed by atoms with Crippen molar-refractivity contribution in [2.75, 3.05) is 13.1 Å². The quantitative estimate of drug-likeness (QED) is 0.635. The molecular formula is C11H12BN3. The summed E-state index contributed by atoms with van der Waals surface area (Å²) in [5.74, 6) is 0.546. The van der Waals surface area contributed by atoms with Crippen molar-refractivity contribution in [3.8, 4) is 6.07 Å². The summed E-state index contributed by atoms with van der Waals surface area (Å²) in [6.45, 7) is 1.87. The van der Waals surface area contributed by atoms with E-state index >= 15 is 0 Å². The largest absolute Gasteiger partial charge is 0.353 e. The summed E-state index contributed by atoms with van der Waals surface area (Å²) in [4.78, 5) is 5.94. The van der Waals surface area contributed by atoms with Gasteiger partial charge in [-0.05, 0) is 43.5 Å². The molecule has 1 saturated heterocycles. The zero-order valence-corrected chi connectivity index (χ0v) is 8.56. The molecule has 0 atom stereocenters. The van der Waals surface area contributed by atoms with Crippen LogP contribution in [0.15, 0.2) is 18.3 Å². The van der Waals surface area contributed by atoms with E-state index in [9.17, 15) is 0 Å². The molecule has 4 heteroatoms. The first-order valence-electron chi connectivity index (χ1n) is 5.15. The van der Waals surface area contributed by atoms with E-state index in [1.807, 2.05) is 23.1 Å². The minimum Gasteiger partial charge on any atom is -0.353 e. The van der Waals surface area contributed by atoms with Crippen molar-refractivity contribution in [2.45, 2.75) is 18.8 Å². The molecule has 1 aromatic heterocycles. The lowest BCUT2D eigenvalue weighted by molar-refractivity contribution is 0.334. The third-order valence-electron chi connectivity index (χ3n) is 2.90. The Balaban J connectivity index is 2.07. The molecule has 1 fully saturated rings. The molecule has 0 aliphatic carbocycles. The van der Waals surface area contributed by atoms with Crippen molar-refractivity contribution in [1.29, 1.82) is 5.26 Å². The second-order valence-corrected chi connectivity index (χ2v) is 3.90. The van der Waals surface area contributed by atoms with Gasteiger partial charge in [0.15, 0.2) is 7.98 Å². The zero-order chi connectivity index (χ0) is 10.7. The van der Waals surface area contributed by atoms with Gasteiger partial charge in [0.05, 0.1) is 0 Å². The maximum absolute atomic E-state index is 8.64. The lowest BCUT2D eigenvalue weighted by atomic mass is 9.89. The molecule has 1 aliphatic heterocycles. The van der Waals surface area contributed by atoms with Gasteiger partial charge in [-0.3, -0.25) is 0 Å². The molecule has 1 aliphatic rings. The van der Waals surface area contributed by atoms with Crippen LogP contribution in [0.5, 0.6) is 0 Å². The Morgan fingerprint density at radius 2 is 2.13 bits per heavy atom. The standard InChI is InChI=1S/C11H12BN3/c12-15-5-3-9(4-6-15)10-1-2-11(7-13)14-8-10/h1-2,8-9H,3-6H2. The van der Waals surface area contributed by atoms with Crippen LogP contribution >= 0.6 is 0 Å². The number of hydrogen-bond donors (Lipinski definition) is 0. The van der Waals surface area contributed by atoms with Gasteiger partial charge in [0.25, 0.3) is 0 Å². The van der Waals surface area contributed by atoms with Crippen LogP contribution in [0.3, 0.4) is 0 Å². The first kappa shape index (κ1) is 10.2. The molecule has 3 nitrogen and oxygen atoms in total. The van der Waals surface area contributed by atoms with E-state index in [0.29, 0.717) is 11.6 Å². The third-order valence-corrected chi connectivity index (χ3v) is 2.90. The van der Waals surface area contributed by atoms with Gasteiger partial charge in [-0.25, -0.2) is 4.98 Å². The van der Waals surface area contributed by atoms with Crippen molar-refractivity contribution in [2.24, 2.45) is 0 Å². The average Bonchev–Trinajstić information content (AvgIpc) is 2.30. The predicted octanol–water partition coefficient (Wildman–Crippen LogP) is 1.22. The zero-order valence-electron chi connectivity index (χ0n) is 8.56. The molecule has 2 radical (unpaired) electrons. The third kappa shape index (κ3) is 2.37. The Labute approximate surface area is 91.2 Å².